The van der Waals surface area contributed by atoms with Gasteiger partial charge < -0.3 is 14.6 Å². The predicted molar refractivity (Wildman–Crippen MR) is 136 cm³/mol. The Morgan fingerprint density at radius 3 is 2.34 bits per heavy atom. The summed E-state index contributed by atoms with van der Waals surface area (Å²) < 4.78 is 12.9. The van der Waals surface area contributed by atoms with E-state index in [1.54, 1.807) is 11.1 Å². The Kier molecular flexibility index (Phi) is 5.15. The molecule has 3 unspecified atom stereocenters. The van der Waals surface area contributed by atoms with E-state index in [1.807, 2.05) is 6.92 Å². The van der Waals surface area contributed by atoms with Gasteiger partial charge in [0.15, 0.2) is 0 Å². The van der Waals surface area contributed by atoms with Gasteiger partial charge in [0.1, 0.15) is 0 Å². The van der Waals surface area contributed by atoms with Crippen molar-refractivity contribution in [1.29, 1.82) is 0 Å². The van der Waals surface area contributed by atoms with E-state index in [0.29, 0.717) is 17.8 Å². The van der Waals surface area contributed by atoms with Crippen molar-refractivity contribution in [3.05, 3.63) is 11.1 Å². The second-order valence-electron chi connectivity index (χ2n) is 14.8. The summed E-state index contributed by atoms with van der Waals surface area (Å²) >= 11 is 0. The van der Waals surface area contributed by atoms with Crippen molar-refractivity contribution in [3.8, 4) is 0 Å². The number of carbonyl (C=O) groups is 1. The molecule has 4 heteroatoms. The van der Waals surface area contributed by atoms with Crippen LogP contribution in [-0.4, -0.2) is 29.6 Å². The smallest absolute Gasteiger partial charge is 0.311 e. The fourth-order valence-electron chi connectivity index (χ4n) is 11.0. The number of rotatable bonds is 0. The van der Waals surface area contributed by atoms with Crippen molar-refractivity contribution in [2.45, 2.75) is 118 Å². The molecule has 0 aromatic rings. The van der Waals surface area contributed by atoms with E-state index in [1.165, 1.54) is 38.5 Å². The molecule has 6 aliphatic rings. The Balaban J connectivity index is 1.40. The first-order chi connectivity index (χ1) is 16.3. The molecule has 4 fully saturated rings. The lowest BCUT2D eigenvalue weighted by molar-refractivity contribution is -0.241. The topological polar surface area (TPSA) is 55.8 Å². The van der Waals surface area contributed by atoms with Gasteiger partial charge in [0, 0.05) is 17.8 Å². The minimum Gasteiger partial charge on any atom is -0.433 e. The van der Waals surface area contributed by atoms with Crippen molar-refractivity contribution in [1.82, 2.24) is 0 Å². The number of hydrogen-bond donors (Lipinski definition) is 1. The number of allylic oxidation sites excluding steroid dienone is 2. The van der Waals surface area contributed by atoms with Gasteiger partial charge in [0.25, 0.3) is 0 Å². The van der Waals surface area contributed by atoms with Crippen LogP contribution in [0, 0.1) is 51.2 Å². The number of ether oxygens (including phenoxy) is 2. The van der Waals surface area contributed by atoms with Crippen LogP contribution in [0.4, 0.5) is 0 Å². The molecule has 35 heavy (non-hydrogen) atoms. The normalized spacial score (nSPS) is 55.0. The monoisotopic (exact) mass is 484 g/mol. The molecule has 0 bridgehead atoms. The van der Waals surface area contributed by atoms with Gasteiger partial charge >= 0.3 is 5.97 Å². The fourth-order valence-corrected chi connectivity index (χ4v) is 11.0. The average Bonchev–Trinajstić information content (AvgIpc) is 3.17. The maximum Gasteiger partial charge on any atom is 0.311 e. The highest BCUT2D eigenvalue weighted by Crippen LogP contribution is 2.73. The third-order valence-corrected chi connectivity index (χ3v) is 13.4. The van der Waals surface area contributed by atoms with Gasteiger partial charge in [-0.15, -0.1) is 0 Å². The molecule has 4 aliphatic carbocycles. The van der Waals surface area contributed by atoms with Gasteiger partial charge in [-0.25, -0.2) is 0 Å². The van der Waals surface area contributed by atoms with Crippen LogP contribution in [0.2, 0.25) is 0 Å². The van der Waals surface area contributed by atoms with E-state index in [0.717, 1.165) is 25.9 Å². The lowest BCUT2D eigenvalue weighted by Gasteiger charge is -2.62. The molecular formula is C31H48O4. The van der Waals surface area contributed by atoms with E-state index in [4.69, 9.17) is 9.47 Å². The predicted octanol–water partition coefficient (Wildman–Crippen LogP) is 6.66. The third kappa shape index (κ3) is 2.85. The van der Waals surface area contributed by atoms with Gasteiger partial charge in [-0.1, -0.05) is 59.6 Å². The first-order valence-electron chi connectivity index (χ1n) is 14.6. The van der Waals surface area contributed by atoms with Crippen molar-refractivity contribution in [3.63, 3.8) is 0 Å². The van der Waals surface area contributed by atoms with Crippen LogP contribution in [0.5, 0.6) is 0 Å². The molecule has 0 aromatic heterocycles. The summed E-state index contributed by atoms with van der Waals surface area (Å²) in [6.07, 6.45) is 9.96. The van der Waals surface area contributed by atoms with Crippen molar-refractivity contribution < 1.29 is 19.4 Å². The number of fused-ring (bicyclic) bond motifs is 3. The van der Waals surface area contributed by atoms with E-state index in [2.05, 4.69) is 41.5 Å². The zero-order chi connectivity index (χ0) is 25.2. The largest absolute Gasteiger partial charge is 0.433 e. The minimum atomic E-state index is -0.738. The Morgan fingerprint density at radius 1 is 0.914 bits per heavy atom. The van der Waals surface area contributed by atoms with Gasteiger partial charge in [0.05, 0.1) is 18.6 Å². The maximum absolute atomic E-state index is 12.6. The van der Waals surface area contributed by atoms with Crippen molar-refractivity contribution in [2.75, 3.05) is 6.61 Å². The van der Waals surface area contributed by atoms with Crippen LogP contribution < -0.4 is 0 Å². The minimum absolute atomic E-state index is 0.0225. The SMILES string of the molecule is C[C@@H]1C[C@]2(OCC34CCC5=C(CCC6C5(C)CC[C@@H](O)C6(C)C)[C@]3(C)CC[C@H]14)OC(=O)[C@@H](C)[C@@H]2C. The summed E-state index contributed by atoms with van der Waals surface area (Å²) in [6, 6.07) is 0. The van der Waals surface area contributed by atoms with Crippen molar-refractivity contribution in [2.24, 2.45) is 51.2 Å². The number of aliphatic hydroxyl groups is 1. The average molecular weight is 485 g/mol. The van der Waals surface area contributed by atoms with Gasteiger partial charge in [-0.2, -0.15) is 0 Å². The molecular weight excluding hydrogens is 436 g/mol. The highest BCUT2D eigenvalue weighted by atomic mass is 16.7. The quantitative estimate of drug-likeness (QED) is 0.309. The fraction of sp³-hybridized carbons (Fsp3) is 0.903. The molecule has 0 amide bonds. The number of aliphatic hydroxyl groups excluding tert-OH is 1. The molecule has 2 saturated carbocycles. The second kappa shape index (κ2) is 7.37. The number of carbonyl (C=O) groups excluding carboxylic acids is 1. The summed E-state index contributed by atoms with van der Waals surface area (Å²) in [5.74, 6) is 0.847. The first kappa shape index (κ1) is 24.5. The Morgan fingerprint density at radius 2 is 1.66 bits per heavy atom. The molecule has 6 rings (SSSR count). The van der Waals surface area contributed by atoms with Crippen LogP contribution in [0.1, 0.15) is 106 Å². The van der Waals surface area contributed by atoms with E-state index in [9.17, 15) is 9.90 Å². The zero-order valence-electron chi connectivity index (χ0n) is 23.2. The van der Waals surface area contributed by atoms with Gasteiger partial charge in [-0.05, 0) is 85.4 Å². The molecule has 196 valence electrons. The molecule has 1 N–H and O–H groups in total. The molecule has 2 aliphatic heterocycles. The Bertz CT molecular complexity index is 967. The highest BCUT2D eigenvalue weighted by Gasteiger charge is 2.68. The van der Waals surface area contributed by atoms with Crippen LogP contribution in [0.25, 0.3) is 0 Å². The summed E-state index contributed by atoms with van der Waals surface area (Å²) in [7, 11) is 0. The third-order valence-electron chi connectivity index (χ3n) is 13.4. The van der Waals surface area contributed by atoms with Gasteiger partial charge in [-0.3, -0.25) is 4.79 Å². The molecule has 2 heterocycles. The van der Waals surface area contributed by atoms with E-state index >= 15 is 0 Å². The molecule has 2 saturated heterocycles. The van der Waals surface area contributed by atoms with Crippen LogP contribution in [0.3, 0.4) is 0 Å². The molecule has 2 spiro atoms. The Hall–Kier alpha value is -0.870. The van der Waals surface area contributed by atoms with E-state index < -0.39 is 5.79 Å². The Labute approximate surface area is 212 Å². The van der Waals surface area contributed by atoms with Crippen molar-refractivity contribution >= 4 is 5.97 Å². The summed E-state index contributed by atoms with van der Waals surface area (Å²) in [4.78, 5) is 12.6. The highest BCUT2D eigenvalue weighted by molar-refractivity contribution is 5.75. The standard InChI is InChI=1S/C31H48O4/c1-18-16-31(20(3)19(2)26(33)35-31)34-17-30-15-11-22-23(29(30,7)14-10-21(18)30)8-9-24-27(4,5)25(32)12-13-28(22,24)6/h18-21,24-25,32H,8-17H2,1-7H3/t18-,19+,20+,21-,24?,25-,28?,29+,30?,31+/m1/s1. The molecule has 0 radical (unpaired) electrons. The lowest BCUT2D eigenvalue weighted by Crippen LogP contribution is -2.56. The summed E-state index contributed by atoms with van der Waals surface area (Å²) in [5.41, 5.74) is 4.00. The van der Waals surface area contributed by atoms with Crippen LogP contribution >= 0.6 is 0 Å². The summed E-state index contributed by atoms with van der Waals surface area (Å²) in [5, 5.41) is 10.9. The molecule has 4 nitrogen and oxygen atoms in total. The maximum atomic E-state index is 12.6. The summed E-state index contributed by atoms with van der Waals surface area (Å²) in [6.45, 7) is 17.0. The molecule has 10 atom stereocenters. The van der Waals surface area contributed by atoms with E-state index in [-0.39, 0.29) is 45.6 Å². The second-order valence-corrected chi connectivity index (χ2v) is 14.8. The number of hydrogen-bond acceptors (Lipinski definition) is 4. The lowest BCUT2D eigenvalue weighted by atomic mass is 9.43. The molecule has 0 aromatic carbocycles. The zero-order valence-corrected chi connectivity index (χ0v) is 23.2. The van der Waals surface area contributed by atoms with Gasteiger partial charge in [0.2, 0.25) is 5.79 Å². The first-order valence-corrected chi connectivity index (χ1v) is 14.6. The van der Waals surface area contributed by atoms with Crippen LogP contribution in [0.15, 0.2) is 11.1 Å². The van der Waals surface area contributed by atoms with Crippen LogP contribution in [-0.2, 0) is 14.3 Å². The number of esters is 1.